The molecule has 1 aromatic heterocycles. The smallest absolute Gasteiger partial charge is 0.479 e. The highest BCUT2D eigenvalue weighted by Crippen LogP contribution is 2.57. The predicted octanol–water partition coefficient (Wildman–Crippen LogP) is 1.17. The molecule has 2 saturated heterocycles. The van der Waals surface area contributed by atoms with E-state index >= 15 is 0 Å². The number of carbonyl (C=O) groups is 2. The van der Waals surface area contributed by atoms with E-state index in [1.165, 1.54) is 35.7 Å². The van der Waals surface area contributed by atoms with Gasteiger partial charge in [0.2, 0.25) is 5.91 Å². The number of nitrogens with two attached hydrogens (primary N) is 1. The molecule has 4 N–H and O–H groups in total. The van der Waals surface area contributed by atoms with Crippen LogP contribution in [-0.2, 0) is 26.1 Å². The Kier molecular flexibility index (Phi) is 6.30. The van der Waals surface area contributed by atoms with Gasteiger partial charge in [-0.3, -0.25) is 9.35 Å². The molecule has 2 fully saturated rings. The van der Waals surface area contributed by atoms with E-state index in [1.54, 1.807) is 26.0 Å². The van der Waals surface area contributed by atoms with E-state index in [2.05, 4.69) is 0 Å². The summed E-state index contributed by atoms with van der Waals surface area (Å²) in [7, 11) is -4.02. The van der Waals surface area contributed by atoms with Crippen LogP contribution in [-0.4, -0.2) is 56.6 Å². The predicted molar refractivity (Wildman–Crippen MR) is 117 cm³/mol. The number of nitrogens with zero attached hydrogens (tertiary/aromatic N) is 1. The number of aryl methyl sites for hydroxylation is 2. The number of hydrogen-bond donors (Lipinski definition) is 3. The van der Waals surface area contributed by atoms with Crippen LogP contribution in [0, 0.1) is 13.8 Å². The molecule has 0 unspecified atom stereocenters. The molecule has 0 radical (unpaired) electrons. The minimum atomic E-state index is -4.02. The number of β-lactam (4-membered cyclic amide) rings is 1. The standard InChI is InChI=1S/C13H16N2O6S.C7H8O3S/c1-5-6(21-11(19)20-5)4-13(10(17)18)12(2,3)22-9-7(14)8(16)15(9)13;1-6-2-4-7(5-3-6)11(8,9)10/h7,9H,4,14H2,1-3H3,(H,17,18);2-5H,1H3,(H,8,9,10)/t7-,9-,13+;/m1./s1. The van der Waals surface area contributed by atoms with E-state index in [9.17, 15) is 27.9 Å². The summed E-state index contributed by atoms with van der Waals surface area (Å²) in [5, 5.41) is 9.49. The summed E-state index contributed by atoms with van der Waals surface area (Å²) >= 11 is 1.35. The molecule has 0 bridgehead atoms. The Morgan fingerprint density at radius 3 is 2.21 bits per heavy atom. The Labute approximate surface area is 193 Å². The maximum atomic E-state index is 12.1. The molecule has 13 heteroatoms. The van der Waals surface area contributed by atoms with Crippen LogP contribution in [0.25, 0.3) is 0 Å². The SMILES string of the molecule is Cc1ccc(S(=O)(=O)O)cc1.Cc1oc(=O)oc1C[C@@]1(C(=O)O)N2C(=O)[C@@H](N)[C@H]2SC1(C)C. The lowest BCUT2D eigenvalue weighted by atomic mass is 9.77. The Balaban J connectivity index is 0.000000235. The molecule has 0 spiro atoms. The number of aliphatic carboxylic acids is 1. The molecule has 1 aromatic carbocycles. The van der Waals surface area contributed by atoms with E-state index in [0.29, 0.717) is 0 Å². The quantitative estimate of drug-likeness (QED) is 0.405. The van der Waals surface area contributed by atoms with Crippen molar-refractivity contribution in [2.75, 3.05) is 0 Å². The summed E-state index contributed by atoms with van der Waals surface area (Å²) in [4.78, 5) is 36.7. The number of thioether (sulfide) groups is 1. The molecule has 0 saturated carbocycles. The topological polar surface area (TPSA) is 181 Å². The number of rotatable bonds is 4. The fourth-order valence-electron chi connectivity index (χ4n) is 3.92. The lowest BCUT2D eigenvalue weighted by Crippen LogP contribution is -2.75. The zero-order valence-corrected chi connectivity index (χ0v) is 19.9. The normalized spacial score (nSPS) is 25.6. The third-order valence-corrected chi connectivity index (χ3v) is 8.37. The van der Waals surface area contributed by atoms with Crippen LogP contribution < -0.4 is 11.6 Å². The third kappa shape index (κ3) is 4.21. The van der Waals surface area contributed by atoms with E-state index in [0.717, 1.165) is 5.56 Å². The average molecular weight is 501 g/mol. The first kappa shape index (κ1) is 25.0. The lowest BCUT2D eigenvalue weighted by Gasteiger charge is -2.48. The number of carbonyl (C=O) groups excluding carboxylic acids is 1. The van der Waals surface area contributed by atoms with Crippen molar-refractivity contribution >= 4 is 33.8 Å². The fourth-order valence-corrected chi connectivity index (χ4v) is 6.11. The minimum Gasteiger partial charge on any atom is -0.479 e. The van der Waals surface area contributed by atoms with Gasteiger partial charge in [0, 0.05) is 11.2 Å². The summed E-state index contributed by atoms with van der Waals surface area (Å²) in [6.07, 6.45) is -0.144. The van der Waals surface area contributed by atoms with Crippen LogP contribution in [0.2, 0.25) is 0 Å². The van der Waals surface area contributed by atoms with Crippen LogP contribution in [0.4, 0.5) is 0 Å². The molecule has 11 nitrogen and oxygen atoms in total. The molecule has 3 atom stereocenters. The molecule has 2 aliphatic heterocycles. The Morgan fingerprint density at radius 1 is 1.18 bits per heavy atom. The van der Waals surface area contributed by atoms with Crippen molar-refractivity contribution in [3.8, 4) is 0 Å². The average Bonchev–Trinajstić information content (AvgIpc) is 3.13. The van der Waals surface area contributed by atoms with Crippen LogP contribution in [0.3, 0.4) is 0 Å². The maximum Gasteiger partial charge on any atom is 0.519 e. The van der Waals surface area contributed by atoms with Crippen LogP contribution >= 0.6 is 11.8 Å². The lowest BCUT2D eigenvalue weighted by molar-refractivity contribution is -0.170. The van der Waals surface area contributed by atoms with Gasteiger partial charge in [-0.05, 0) is 39.8 Å². The summed E-state index contributed by atoms with van der Waals surface area (Å²) in [6.45, 7) is 6.86. The van der Waals surface area contributed by atoms with Gasteiger partial charge in [0.15, 0.2) is 11.3 Å². The van der Waals surface area contributed by atoms with E-state index in [4.69, 9.17) is 19.1 Å². The van der Waals surface area contributed by atoms with Gasteiger partial charge in [0.25, 0.3) is 10.1 Å². The second-order valence-electron chi connectivity index (χ2n) is 8.32. The van der Waals surface area contributed by atoms with Crippen molar-refractivity contribution in [2.24, 2.45) is 5.73 Å². The van der Waals surface area contributed by atoms with E-state index < -0.39 is 49.5 Å². The molecule has 33 heavy (non-hydrogen) atoms. The second kappa shape index (κ2) is 8.31. The molecule has 2 aliphatic rings. The molecule has 2 aromatic rings. The highest BCUT2D eigenvalue weighted by Gasteiger charge is 2.72. The molecule has 1 amide bonds. The fraction of sp³-hybridized carbons (Fsp3) is 0.450. The van der Waals surface area contributed by atoms with Gasteiger partial charge < -0.3 is 24.6 Å². The zero-order chi connectivity index (χ0) is 24.9. The number of benzene rings is 1. The van der Waals surface area contributed by atoms with Crippen molar-refractivity contribution in [3.63, 3.8) is 0 Å². The van der Waals surface area contributed by atoms with Gasteiger partial charge in [-0.15, -0.1) is 11.8 Å². The van der Waals surface area contributed by atoms with Crippen LogP contribution in [0.15, 0.2) is 42.8 Å². The van der Waals surface area contributed by atoms with Gasteiger partial charge in [-0.2, -0.15) is 8.42 Å². The van der Waals surface area contributed by atoms with Gasteiger partial charge in [0.05, 0.1) is 4.90 Å². The van der Waals surface area contributed by atoms with Crippen LogP contribution in [0.5, 0.6) is 0 Å². The molecular weight excluding hydrogens is 476 g/mol. The Bertz CT molecular complexity index is 1250. The first-order valence-electron chi connectivity index (χ1n) is 9.75. The van der Waals surface area contributed by atoms with Crippen LogP contribution in [0.1, 0.15) is 30.9 Å². The Hall–Kier alpha value is -2.61. The minimum absolute atomic E-state index is 0.0666. The van der Waals surface area contributed by atoms with Crippen molar-refractivity contribution in [2.45, 2.75) is 60.7 Å². The number of carboxylic acid groups (broad SMARTS) is 1. The molecule has 4 rings (SSSR count). The van der Waals surface area contributed by atoms with E-state index in [1.807, 2.05) is 6.92 Å². The van der Waals surface area contributed by atoms with Crippen molar-refractivity contribution in [1.29, 1.82) is 0 Å². The van der Waals surface area contributed by atoms with Crippen molar-refractivity contribution in [3.05, 3.63) is 52.0 Å². The first-order valence-corrected chi connectivity index (χ1v) is 12.1. The molecule has 3 heterocycles. The highest BCUT2D eigenvalue weighted by atomic mass is 32.2. The zero-order valence-electron chi connectivity index (χ0n) is 18.3. The summed E-state index contributed by atoms with van der Waals surface area (Å²) in [5.41, 5.74) is 5.19. The van der Waals surface area contributed by atoms with Gasteiger partial charge in [0.1, 0.15) is 17.2 Å². The summed E-state index contributed by atoms with van der Waals surface area (Å²) in [6, 6.07) is 5.28. The van der Waals surface area contributed by atoms with Gasteiger partial charge >= 0.3 is 11.8 Å². The largest absolute Gasteiger partial charge is 0.519 e. The summed E-state index contributed by atoms with van der Waals surface area (Å²) < 4.78 is 38.5. The monoisotopic (exact) mass is 500 g/mol. The van der Waals surface area contributed by atoms with Gasteiger partial charge in [-0.1, -0.05) is 17.7 Å². The van der Waals surface area contributed by atoms with Gasteiger partial charge in [-0.25, -0.2) is 9.59 Å². The number of fused-ring (bicyclic) bond motifs is 1. The third-order valence-electron chi connectivity index (χ3n) is 5.83. The summed E-state index contributed by atoms with van der Waals surface area (Å²) in [5.74, 6) is -2.10. The van der Waals surface area contributed by atoms with Crippen molar-refractivity contribution < 1.29 is 36.5 Å². The molecule has 180 valence electrons. The number of amides is 1. The molecule has 0 aliphatic carbocycles. The molecular formula is C20H24N2O9S2. The van der Waals surface area contributed by atoms with E-state index in [-0.39, 0.29) is 22.8 Å². The highest BCUT2D eigenvalue weighted by molar-refractivity contribution is 8.01. The Morgan fingerprint density at radius 2 is 1.76 bits per heavy atom. The number of hydrogen-bond acceptors (Lipinski definition) is 9. The second-order valence-corrected chi connectivity index (χ2v) is 11.5. The van der Waals surface area contributed by atoms with Crippen molar-refractivity contribution in [1.82, 2.24) is 4.90 Å². The first-order chi connectivity index (χ1) is 15.1. The maximum absolute atomic E-state index is 12.1. The number of carboxylic acids is 1.